The van der Waals surface area contributed by atoms with Crippen molar-refractivity contribution in [1.82, 2.24) is 9.97 Å². The predicted molar refractivity (Wildman–Crippen MR) is 63.4 cm³/mol. The molecule has 0 N–H and O–H groups in total. The molecule has 2 rings (SSSR count). The first-order chi connectivity index (χ1) is 8.22. The molecular formula is C12H18FN3O. The quantitative estimate of drug-likeness (QED) is 0.710. The number of nitrogens with zero attached hydrogens (tertiary/aromatic N) is 3. The van der Waals surface area contributed by atoms with Gasteiger partial charge in [0.25, 0.3) is 0 Å². The first-order valence-corrected chi connectivity index (χ1v) is 5.95. The predicted octanol–water partition coefficient (Wildman–Crippen LogP) is 1.87. The molecule has 1 aromatic rings. The van der Waals surface area contributed by atoms with Crippen molar-refractivity contribution in [2.75, 3.05) is 25.2 Å². The number of ether oxygens (including phenoxy) is 1. The number of hydrogen-bond acceptors (Lipinski definition) is 4. The Balaban J connectivity index is 2.13. The highest BCUT2D eigenvalue weighted by Crippen LogP contribution is 2.36. The molecule has 0 saturated heterocycles. The Morgan fingerprint density at radius 1 is 1.53 bits per heavy atom. The average Bonchev–Trinajstić information content (AvgIpc) is 3.13. The third-order valence-corrected chi connectivity index (χ3v) is 3.25. The minimum Gasteiger partial charge on any atom is -0.383 e. The number of anilines is 1. The Morgan fingerprint density at radius 3 is 2.88 bits per heavy atom. The van der Waals surface area contributed by atoms with Crippen molar-refractivity contribution in [2.45, 2.75) is 25.8 Å². The Hall–Kier alpha value is -1.23. The fourth-order valence-electron chi connectivity index (χ4n) is 2.03. The molecule has 0 aliphatic heterocycles. The van der Waals surface area contributed by atoms with Crippen LogP contribution in [0.1, 0.15) is 19.8 Å². The summed E-state index contributed by atoms with van der Waals surface area (Å²) in [7, 11) is 1.67. The number of methoxy groups -OCH3 is 1. The van der Waals surface area contributed by atoms with E-state index in [0.29, 0.717) is 24.4 Å². The van der Waals surface area contributed by atoms with Crippen LogP contribution >= 0.6 is 0 Å². The van der Waals surface area contributed by atoms with Crippen LogP contribution in [0.3, 0.4) is 0 Å². The monoisotopic (exact) mass is 239 g/mol. The van der Waals surface area contributed by atoms with E-state index in [1.54, 1.807) is 7.11 Å². The van der Waals surface area contributed by atoms with Crippen molar-refractivity contribution in [3.8, 4) is 0 Å². The van der Waals surface area contributed by atoms with E-state index in [1.807, 2.05) is 0 Å². The maximum atomic E-state index is 13.1. The van der Waals surface area contributed by atoms with Crippen molar-refractivity contribution in [3.05, 3.63) is 18.3 Å². The summed E-state index contributed by atoms with van der Waals surface area (Å²) in [6, 6.07) is 1.76. The van der Waals surface area contributed by atoms with Gasteiger partial charge in [-0.1, -0.05) is 0 Å². The Kier molecular flexibility index (Phi) is 3.89. The van der Waals surface area contributed by atoms with Crippen LogP contribution in [0, 0.1) is 11.9 Å². The third kappa shape index (κ3) is 3.12. The lowest BCUT2D eigenvalue weighted by Crippen LogP contribution is -2.38. The molecule has 1 atom stereocenters. The number of hydrogen-bond donors (Lipinski definition) is 0. The molecule has 1 aromatic heterocycles. The van der Waals surface area contributed by atoms with Gasteiger partial charge in [0.05, 0.1) is 6.61 Å². The summed E-state index contributed by atoms with van der Waals surface area (Å²) < 4.78 is 18.2. The van der Waals surface area contributed by atoms with Crippen molar-refractivity contribution >= 4 is 5.82 Å². The number of halogens is 1. The molecule has 0 spiro atoms. The van der Waals surface area contributed by atoms with E-state index >= 15 is 0 Å². The molecule has 94 valence electrons. The van der Waals surface area contributed by atoms with Crippen molar-refractivity contribution in [3.63, 3.8) is 0 Å². The van der Waals surface area contributed by atoms with Gasteiger partial charge in [-0.25, -0.2) is 9.97 Å². The Bertz CT molecular complexity index is 371. The summed E-state index contributed by atoms with van der Waals surface area (Å²) in [6.07, 6.45) is 3.76. The second kappa shape index (κ2) is 5.40. The van der Waals surface area contributed by atoms with Crippen LogP contribution in [0.4, 0.5) is 10.2 Å². The molecule has 0 amide bonds. The molecule has 0 bridgehead atoms. The van der Waals surface area contributed by atoms with E-state index in [9.17, 15) is 4.39 Å². The van der Waals surface area contributed by atoms with Gasteiger partial charge in [0, 0.05) is 25.8 Å². The first kappa shape index (κ1) is 12.2. The van der Waals surface area contributed by atoms with Gasteiger partial charge in [-0.3, -0.25) is 0 Å². The van der Waals surface area contributed by atoms with Gasteiger partial charge in [0.15, 0.2) is 0 Å². The van der Waals surface area contributed by atoms with Crippen LogP contribution < -0.4 is 4.90 Å². The highest BCUT2D eigenvalue weighted by molar-refractivity contribution is 5.38. The smallest absolute Gasteiger partial charge is 0.218 e. The maximum Gasteiger partial charge on any atom is 0.218 e. The highest BCUT2D eigenvalue weighted by atomic mass is 19.1. The molecule has 1 saturated carbocycles. The molecule has 4 nitrogen and oxygen atoms in total. The van der Waals surface area contributed by atoms with E-state index in [-0.39, 0.29) is 0 Å². The van der Waals surface area contributed by atoms with Crippen molar-refractivity contribution < 1.29 is 9.13 Å². The summed E-state index contributed by atoms with van der Waals surface area (Å²) in [5.41, 5.74) is 0. The third-order valence-electron chi connectivity index (χ3n) is 3.25. The van der Waals surface area contributed by atoms with Gasteiger partial charge in [0.2, 0.25) is 5.95 Å². The summed E-state index contributed by atoms with van der Waals surface area (Å²) in [5.74, 6) is 0.860. The molecule has 5 heteroatoms. The van der Waals surface area contributed by atoms with E-state index < -0.39 is 5.95 Å². The Morgan fingerprint density at radius 2 is 2.29 bits per heavy atom. The minimum absolute atomic E-state index is 0.374. The van der Waals surface area contributed by atoms with Crippen LogP contribution in [0.2, 0.25) is 0 Å². The number of aromatic nitrogens is 2. The minimum atomic E-state index is -0.486. The molecule has 0 radical (unpaired) electrons. The van der Waals surface area contributed by atoms with E-state index in [1.165, 1.54) is 25.2 Å². The van der Waals surface area contributed by atoms with Gasteiger partial charge in [-0.05, 0) is 25.7 Å². The molecular weight excluding hydrogens is 221 g/mol. The van der Waals surface area contributed by atoms with Crippen molar-refractivity contribution in [2.24, 2.45) is 5.92 Å². The SMILES string of the molecule is COCCN(c1cc(F)ncn1)C(C)C1CC1. The molecule has 1 heterocycles. The van der Waals surface area contributed by atoms with Crippen molar-refractivity contribution in [1.29, 1.82) is 0 Å². The first-order valence-electron chi connectivity index (χ1n) is 5.95. The van der Waals surface area contributed by atoms with Gasteiger partial charge in [0.1, 0.15) is 12.1 Å². The topological polar surface area (TPSA) is 38.2 Å². The molecule has 17 heavy (non-hydrogen) atoms. The normalized spacial score (nSPS) is 16.9. The lowest BCUT2D eigenvalue weighted by atomic mass is 10.2. The standard InChI is InChI=1S/C12H18FN3O/c1-9(10-3-4-10)16(5-6-17-2)12-7-11(13)14-8-15-12/h7-10H,3-6H2,1-2H3. The number of rotatable bonds is 6. The van der Waals surface area contributed by atoms with Crippen LogP contribution in [0.25, 0.3) is 0 Å². The molecule has 1 fully saturated rings. The largest absolute Gasteiger partial charge is 0.383 e. The molecule has 1 aliphatic carbocycles. The van der Waals surface area contributed by atoms with Gasteiger partial charge >= 0.3 is 0 Å². The summed E-state index contributed by atoms with van der Waals surface area (Å²) in [4.78, 5) is 9.73. The summed E-state index contributed by atoms with van der Waals surface area (Å²) in [6.45, 7) is 3.50. The fraction of sp³-hybridized carbons (Fsp3) is 0.667. The summed E-state index contributed by atoms with van der Waals surface area (Å²) in [5, 5.41) is 0. The zero-order chi connectivity index (χ0) is 12.3. The van der Waals surface area contributed by atoms with Crippen LogP contribution in [0.15, 0.2) is 12.4 Å². The van der Waals surface area contributed by atoms with E-state index in [2.05, 4.69) is 21.8 Å². The van der Waals surface area contributed by atoms with Crippen LogP contribution in [0.5, 0.6) is 0 Å². The second-order valence-corrected chi connectivity index (χ2v) is 4.46. The Labute approximate surface area is 101 Å². The second-order valence-electron chi connectivity index (χ2n) is 4.46. The van der Waals surface area contributed by atoms with Crippen LogP contribution in [-0.2, 0) is 4.74 Å². The lowest BCUT2D eigenvalue weighted by molar-refractivity contribution is 0.202. The molecule has 0 aromatic carbocycles. The maximum absolute atomic E-state index is 13.1. The zero-order valence-electron chi connectivity index (χ0n) is 10.3. The zero-order valence-corrected chi connectivity index (χ0v) is 10.3. The van der Waals surface area contributed by atoms with Gasteiger partial charge in [-0.2, -0.15) is 4.39 Å². The lowest BCUT2D eigenvalue weighted by Gasteiger charge is -2.30. The average molecular weight is 239 g/mol. The van der Waals surface area contributed by atoms with E-state index in [0.717, 1.165) is 6.54 Å². The highest BCUT2D eigenvalue weighted by Gasteiger charge is 2.32. The van der Waals surface area contributed by atoms with Gasteiger partial charge < -0.3 is 9.64 Å². The van der Waals surface area contributed by atoms with Crippen LogP contribution in [-0.4, -0.2) is 36.3 Å². The summed E-state index contributed by atoms with van der Waals surface area (Å²) >= 11 is 0. The fourth-order valence-corrected chi connectivity index (χ4v) is 2.03. The van der Waals surface area contributed by atoms with Gasteiger partial charge in [-0.15, -0.1) is 0 Å². The molecule has 1 aliphatic rings. The van der Waals surface area contributed by atoms with E-state index in [4.69, 9.17) is 4.74 Å². The molecule has 1 unspecified atom stereocenters.